The number of nitrogens with zero attached hydrogens (tertiary/aromatic N) is 2. The molecule has 0 spiro atoms. The van der Waals surface area contributed by atoms with Crippen molar-refractivity contribution < 1.29 is 24.3 Å². The molecule has 0 saturated carbocycles. The molecule has 1 N–H and O–H groups in total. The average molecular weight is 298 g/mol. The lowest BCUT2D eigenvalue weighted by atomic mass is 10.1. The van der Waals surface area contributed by atoms with Crippen molar-refractivity contribution in [2.24, 2.45) is 0 Å². The van der Waals surface area contributed by atoms with Gasteiger partial charge in [0, 0.05) is 37.9 Å². The van der Waals surface area contributed by atoms with Crippen molar-refractivity contribution in [1.82, 2.24) is 4.90 Å². The van der Waals surface area contributed by atoms with Gasteiger partial charge in [0.25, 0.3) is 5.91 Å². The fraction of sp³-hybridized carbons (Fsp3) is 0.462. The minimum atomic E-state index is -0.580. The molecule has 1 aromatic carbocycles. The highest BCUT2D eigenvalue weighted by molar-refractivity contribution is 5.95. The molecule has 0 heterocycles. The number of amides is 1. The summed E-state index contributed by atoms with van der Waals surface area (Å²) in [5.41, 5.74) is 0.0432. The topological polar surface area (TPSA) is 102 Å². The number of benzene rings is 1. The van der Waals surface area contributed by atoms with Crippen LogP contribution in [0.2, 0.25) is 0 Å². The first kappa shape index (κ1) is 16.9. The fourth-order valence-corrected chi connectivity index (χ4v) is 1.78. The third-order valence-electron chi connectivity index (χ3n) is 2.85. The van der Waals surface area contributed by atoms with Gasteiger partial charge in [0.2, 0.25) is 0 Å². The molecule has 8 nitrogen and oxygen atoms in total. The maximum absolute atomic E-state index is 12.3. The van der Waals surface area contributed by atoms with Crippen LogP contribution in [-0.2, 0) is 4.74 Å². The third-order valence-corrected chi connectivity index (χ3v) is 2.85. The molecule has 0 aliphatic heterocycles. The number of nitro groups is 1. The molecule has 21 heavy (non-hydrogen) atoms. The number of carbonyl (C=O) groups excluding carboxylic acids is 1. The first-order chi connectivity index (χ1) is 10.0. The van der Waals surface area contributed by atoms with E-state index in [0.29, 0.717) is 13.2 Å². The number of aliphatic hydroxyl groups is 1. The predicted octanol–water partition coefficient (Wildman–Crippen LogP) is 0.684. The summed E-state index contributed by atoms with van der Waals surface area (Å²) in [6.07, 6.45) is 0. The Balaban J connectivity index is 3.01. The average Bonchev–Trinajstić information content (AvgIpc) is 2.49. The molecule has 1 rings (SSSR count). The quantitative estimate of drug-likeness (QED) is 0.559. The van der Waals surface area contributed by atoms with Crippen molar-refractivity contribution in [3.8, 4) is 5.75 Å². The second kappa shape index (κ2) is 8.18. The van der Waals surface area contributed by atoms with Crippen molar-refractivity contribution >= 4 is 11.6 Å². The number of hydrogen-bond donors (Lipinski definition) is 1. The Hall–Kier alpha value is -2.19. The Morgan fingerprint density at radius 2 is 2.10 bits per heavy atom. The van der Waals surface area contributed by atoms with E-state index in [2.05, 4.69) is 0 Å². The molecule has 0 unspecified atom stereocenters. The van der Waals surface area contributed by atoms with Crippen LogP contribution in [0, 0.1) is 10.1 Å². The van der Waals surface area contributed by atoms with Crippen molar-refractivity contribution in [2.75, 3.05) is 40.5 Å². The Bertz CT molecular complexity index is 505. The van der Waals surface area contributed by atoms with Gasteiger partial charge in [0.15, 0.2) is 5.75 Å². The summed E-state index contributed by atoms with van der Waals surface area (Å²) < 4.78 is 9.84. The molecule has 0 aliphatic carbocycles. The van der Waals surface area contributed by atoms with Gasteiger partial charge in [-0.15, -0.1) is 0 Å². The van der Waals surface area contributed by atoms with E-state index in [0.717, 1.165) is 0 Å². The molecule has 0 saturated heterocycles. The van der Waals surface area contributed by atoms with Gasteiger partial charge in [-0.25, -0.2) is 0 Å². The molecular formula is C13H18N2O6. The Morgan fingerprint density at radius 3 is 2.62 bits per heavy atom. The van der Waals surface area contributed by atoms with E-state index < -0.39 is 4.92 Å². The largest absolute Gasteiger partial charge is 0.490 e. The van der Waals surface area contributed by atoms with Crippen LogP contribution in [0.15, 0.2) is 18.2 Å². The number of hydrogen-bond acceptors (Lipinski definition) is 6. The van der Waals surface area contributed by atoms with Gasteiger partial charge < -0.3 is 19.5 Å². The lowest BCUT2D eigenvalue weighted by molar-refractivity contribution is -0.385. The summed E-state index contributed by atoms with van der Waals surface area (Å²) >= 11 is 0. The summed E-state index contributed by atoms with van der Waals surface area (Å²) in [7, 11) is 2.81. The molecule has 0 bridgehead atoms. The van der Waals surface area contributed by atoms with E-state index in [1.807, 2.05) is 0 Å². The van der Waals surface area contributed by atoms with Gasteiger partial charge in [-0.05, 0) is 6.07 Å². The van der Waals surface area contributed by atoms with Crippen molar-refractivity contribution in [2.45, 2.75) is 0 Å². The Labute approximate surface area is 122 Å². The lowest BCUT2D eigenvalue weighted by Gasteiger charge is -2.21. The maximum atomic E-state index is 12.3. The first-order valence-electron chi connectivity index (χ1n) is 6.26. The van der Waals surface area contributed by atoms with E-state index in [1.54, 1.807) is 0 Å². The van der Waals surface area contributed by atoms with Crippen LogP contribution >= 0.6 is 0 Å². The van der Waals surface area contributed by atoms with E-state index in [4.69, 9.17) is 14.6 Å². The zero-order valence-corrected chi connectivity index (χ0v) is 11.9. The van der Waals surface area contributed by atoms with Gasteiger partial charge in [-0.2, -0.15) is 0 Å². The molecule has 8 heteroatoms. The summed E-state index contributed by atoms with van der Waals surface area (Å²) in [4.78, 5) is 24.0. The summed E-state index contributed by atoms with van der Waals surface area (Å²) in [5, 5.41) is 19.8. The minimum Gasteiger partial charge on any atom is -0.490 e. The van der Waals surface area contributed by atoms with Crippen LogP contribution in [0.1, 0.15) is 10.4 Å². The molecule has 116 valence electrons. The lowest BCUT2D eigenvalue weighted by Crippen LogP contribution is -2.36. The molecule has 0 radical (unpaired) electrons. The number of carbonyl (C=O) groups is 1. The number of rotatable bonds is 8. The van der Waals surface area contributed by atoms with Gasteiger partial charge in [0.05, 0.1) is 25.2 Å². The normalized spacial score (nSPS) is 10.2. The minimum absolute atomic E-state index is 0.0153. The molecule has 0 aromatic heterocycles. The number of ether oxygens (including phenoxy) is 2. The number of methoxy groups -OCH3 is 2. The zero-order valence-electron chi connectivity index (χ0n) is 11.9. The van der Waals surface area contributed by atoms with Crippen molar-refractivity contribution in [3.05, 3.63) is 33.9 Å². The molecule has 0 fully saturated rings. The third kappa shape index (κ3) is 4.40. The predicted molar refractivity (Wildman–Crippen MR) is 74.5 cm³/mol. The molecule has 0 aliphatic rings. The summed E-state index contributed by atoms with van der Waals surface area (Å²) in [6, 6.07) is 3.90. The van der Waals surface area contributed by atoms with Gasteiger partial charge in [-0.3, -0.25) is 14.9 Å². The summed E-state index contributed by atoms with van der Waals surface area (Å²) in [6.45, 7) is 0.617. The fourth-order valence-electron chi connectivity index (χ4n) is 1.78. The van der Waals surface area contributed by atoms with Crippen molar-refractivity contribution in [1.29, 1.82) is 0 Å². The van der Waals surface area contributed by atoms with E-state index >= 15 is 0 Å². The van der Waals surface area contributed by atoms with Gasteiger partial charge >= 0.3 is 5.69 Å². The van der Waals surface area contributed by atoms with E-state index in [-0.39, 0.29) is 36.1 Å². The zero-order chi connectivity index (χ0) is 15.8. The Morgan fingerprint density at radius 1 is 1.38 bits per heavy atom. The monoisotopic (exact) mass is 298 g/mol. The Kier molecular flexibility index (Phi) is 6.57. The molecule has 1 amide bonds. The second-order valence-corrected chi connectivity index (χ2v) is 4.15. The highest BCUT2D eigenvalue weighted by atomic mass is 16.6. The van der Waals surface area contributed by atoms with E-state index in [1.165, 1.54) is 37.3 Å². The van der Waals surface area contributed by atoms with Crippen LogP contribution in [-0.4, -0.2) is 61.4 Å². The standard InChI is InChI=1S/C13H18N2O6/c1-20-8-6-14(5-7-16)13(17)10-3-4-11(15(18)19)12(9-10)21-2/h3-4,9,16H,5-8H2,1-2H3. The highest BCUT2D eigenvalue weighted by Crippen LogP contribution is 2.27. The van der Waals surface area contributed by atoms with Gasteiger partial charge in [0.1, 0.15) is 0 Å². The number of nitro benzene ring substituents is 1. The SMILES string of the molecule is COCCN(CCO)C(=O)c1ccc([N+](=O)[O-])c(OC)c1. The van der Waals surface area contributed by atoms with Crippen LogP contribution in [0.25, 0.3) is 0 Å². The van der Waals surface area contributed by atoms with Crippen LogP contribution in [0.3, 0.4) is 0 Å². The van der Waals surface area contributed by atoms with Crippen LogP contribution in [0.5, 0.6) is 5.75 Å². The summed E-state index contributed by atoms with van der Waals surface area (Å²) in [5.74, 6) is -0.337. The number of aliphatic hydroxyl groups excluding tert-OH is 1. The van der Waals surface area contributed by atoms with E-state index in [9.17, 15) is 14.9 Å². The van der Waals surface area contributed by atoms with Crippen LogP contribution < -0.4 is 4.74 Å². The molecular weight excluding hydrogens is 280 g/mol. The highest BCUT2D eigenvalue weighted by Gasteiger charge is 2.20. The molecule has 0 atom stereocenters. The first-order valence-corrected chi connectivity index (χ1v) is 6.26. The second-order valence-electron chi connectivity index (χ2n) is 4.15. The smallest absolute Gasteiger partial charge is 0.310 e. The van der Waals surface area contributed by atoms with Crippen molar-refractivity contribution in [3.63, 3.8) is 0 Å². The molecule has 1 aromatic rings. The maximum Gasteiger partial charge on any atom is 0.310 e. The van der Waals surface area contributed by atoms with Crippen LogP contribution in [0.4, 0.5) is 5.69 Å². The van der Waals surface area contributed by atoms with Gasteiger partial charge in [-0.1, -0.05) is 0 Å².